The smallest absolute Gasteiger partial charge is 0.323 e. The maximum Gasteiger partial charge on any atom is 0.323 e. The molecule has 32 heavy (non-hydrogen) atoms. The number of hydrogen-bond donors (Lipinski definition) is 3. The Bertz CT molecular complexity index is 1200. The van der Waals surface area contributed by atoms with Gasteiger partial charge in [0, 0.05) is 23.5 Å². The third-order valence-corrected chi connectivity index (χ3v) is 4.59. The molecule has 9 heteroatoms. The molecule has 9 nitrogen and oxygen atoms in total. The molecule has 3 aromatic carbocycles. The van der Waals surface area contributed by atoms with Crippen molar-refractivity contribution in [2.24, 2.45) is 0 Å². The lowest BCUT2D eigenvalue weighted by molar-refractivity contribution is 0.262. The van der Waals surface area contributed by atoms with Gasteiger partial charge in [-0.2, -0.15) is 4.98 Å². The zero-order valence-electron chi connectivity index (χ0n) is 17.8. The summed E-state index contributed by atoms with van der Waals surface area (Å²) in [5.74, 6) is 1.32. The number of anilines is 4. The summed E-state index contributed by atoms with van der Waals surface area (Å²) in [6.45, 7) is 0. The summed E-state index contributed by atoms with van der Waals surface area (Å²) in [7, 11) is 4.54. The van der Waals surface area contributed by atoms with Crippen molar-refractivity contribution in [3.63, 3.8) is 0 Å². The van der Waals surface area contributed by atoms with E-state index in [1.54, 1.807) is 30.3 Å². The number of carbonyl (C=O) groups excluding carboxylic acids is 1. The lowest BCUT2D eigenvalue weighted by Gasteiger charge is -2.15. The number of hydrogen-bond acceptors (Lipinski definition) is 7. The van der Waals surface area contributed by atoms with E-state index in [0.717, 1.165) is 5.52 Å². The SMILES string of the molecule is COc1cc(NC(=O)Nc2cccc(Nc3nc4ccccc4o3)c2)cc(OC)c1OC. The molecule has 0 radical (unpaired) electrons. The molecule has 0 saturated carbocycles. The predicted molar refractivity (Wildman–Crippen MR) is 122 cm³/mol. The van der Waals surface area contributed by atoms with Crippen LogP contribution >= 0.6 is 0 Å². The number of nitrogens with zero attached hydrogens (tertiary/aromatic N) is 1. The second-order valence-electron chi connectivity index (χ2n) is 6.69. The number of urea groups is 1. The molecule has 0 fully saturated rings. The van der Waals surface area contributed by atoms with Crippen molar-refractivity contribution in [1.82, 2.24) is 4.98 Å². The molecule has 0 aliphatic carbocycles. The van der Waals surface area contributed by atoms with Gasteiger partial charge in [0.2, 0.25) is 5.75 Å². The number of ether oxygens (including phenoxy) is 3. The minimum absolute atomic E-state index is 0.366. The molecule has 1 heterocycles. The number of benzene rings is 3. The first kappa shape index (κ1) is 20.9. The van der Waals surface area contributed by atoms with E-state index in [1.807, 2.05) is 30.3 Å². The third kappa shape index (κ3) is 4.51. The topological polar surface area (TPSA) is 107 Å². The molecule has 4 rings (SSSR count). The van der Waals surface area contributed by atoms with Gasteiger partial charge in [0.1, 0.15) is 5.52 Å². The molecule has 3 N–H and O–H groups in total. The van der Waals surface area contributed by atoms with Crippen LogP contribution in [-0.4, -0.2) is 32.3 Å². The highest BCUT2D eigenvalue weighted by Gasteiger charge is 2.15. The number of methoxy groups -OCH3 is 3. The van der Waals surface area contributed by atoms with Gasteiger partial charge < -0.3 is 34.6 Å². The van der Waals surface area contributed by atoms with Crippen LogP contribution in [0.15, 0.2) is 65.1 Å². The van der Waals surface area contributed by atoms with Crippen molar-refractivity contribution in [3.05, 3.63) is 60.7 Å². The minimum Gasteiger partial charge on any atom is -0.493 e. The summed E-state index contributed by atoms with van der Waals surface area (Å²) in [4.78, 5) is 16.9. The highest BCUT2D eigenvalue weighted by atomic mass is 16.5. The number of aromatic nitrogens is 1. The normalized spacial score (nSPS) is 10.5. The van der Waals surface area contributed by atoms with E-state index in [1.165, 1.54) is 21.3 Å². The fourth-order valence-corrected chi connectivity index (χ4v) is 3.17. The van der Waals surface area contributed by atoms with Crippen LogP contribution in [0.5, 0.6) is 17.2 Å². The van der Waals surface area contributed by atoms with Crippen LogP contribution in [0, 0.1) is 0 Å². The Labute approximate surface area is 184 Å². The van der Waals surface area contributed by atoms with Crippen molar-refractivity contribution < 1.29 is 23.4 Å². The molecule has 2 amide bonds. The second-order valence-corrected chi connectivity index (χ2v) is 6.69. The van der Waals surface area contributed by atoms with Gasteiger partial charge in [-0.25, -0.2) is 4.79 Å². The molecule has 0 aliphatic heterocycles. The molecule has 164 valence electrons. The Kier molecular flexibility index (Phi) is 5.98. The van der Waals surface area contributed by atoms with Crippen LogP contribution in [0.1, 0.15) is 0 Å². The van der Waals surface area contributed by atoms with Gasteiger partial charge in [-0.3, -0.25) is 0 Å². The van der Waals surface area contributed by atoms with Gasteiger partial charge in [-0.15, -0.1) is 0 Å². The van der Waals surface area contributed by atoms with E-state index in [2.05, 4.69) is 20.9 Å². The standard InChI is InChI=1S/C23H22N4O5/c1-29-19-12-16(13-20(30-2)21(19)31-3)25-22(28)24-14-7-6-8-15(11-14)26-23-27-17-9-4-5-10-18(17)32-23/h4-13H,1-3H3,(H,26,27)(H2,24,25,28). The largest absolute Gasteiger partial charge is 0.493 e. The molecule has 1 aromatic heterocycles. The van der Waals surface area contributed by atoms with Crippen LogP contribution < -0.4 is 30.2 Å². The van der Waals surface area contributed by atoms with Gasteiger partial charge in [0.15, 0.2) is 17.1 Å². The average molecular weight is 434 g/mol. The molecule has 4 aromatic rings. The molecule has 0 saturated heterocycles. The van der Waals surface area contributed by atoms with Gasteiger partial charge in [0.25, 0.3) is 6.01 Å². The van der Waals surface area contributed by atoms with Crippen LogP contribution in [0.25, 0.3) is 11.1 Å². The number of nitrogens with one attached hydrogen (secondary N) is 3. The molecule has 0 unspecified atom stereocenters. The Hall–Kier alpha value is -4.40. The number of para-hydroxylation sites is 2. The van der Waals surface area contributed by atoms with Gasteiger partial charge in [-0.05, 0) is 30.3 Å². The highest BCUT2D eigenvalue weighted by Crippen LogP contribution is 2.40. The third-order valence-electron chi connectivity index (χ3n) is 4.59. The quantitative estimate of drug-likeness (QED) is 0.365. The van der Waals surface area contributed by atoms with Crippen LogP contribution in [-0.2, 0) is 0 Å². The van der Waals surface area contributed by atoms with E-state index in [-0.39, 0.29) is 0 Å². The molecule has 0 spiro atoms. The Morgan fingerprint density at radius 2 is 1.50 bits per heavy atom. The summed E-state index contributed by atoms with van der Waals surface area (Å²) in [6, 6.07) is 17.9. The number of rotatable bonds is 7. The van der Waals surface area contributed by atoms with Gasteiger partial charge in [-0.1, -0.05) is 18.2 Å². The summed E-state index contributed by atoms with van der Waals surface area (Å²) in [6.07, 6.45) is 0. The van der Waals surface area contributed by atoms with E-state index < -0.39 is 6.03 Å². The summed E-state index contributed by atoms with van der Waals surface area (Å²) < 4.78 is 21.6. The maximum absolute atomic E-state index is 12.5. The summed E-state index contributed by atoms with van der Waals surface area (Å²) in [5.41, 5.74) is 3.22. The molecular formula is C23H22N4O5. The fourth-order valence-electron chi connectivity index (χ4n) is 3.17. The summed E-state index contributed by atoms with van der Waals surface area (Å²) >= 11 is 0. The van der Waals surface area contributed by atoms with E-state index in [9.17, 15) is 4.79 Å². The van der Waals surface area contributed by atoms with Crippen molar-refractivity contribution in [2.75, 3.05) is 37.3 Å². The maximum atomic E-state index is 12.5. The zero-order valence-corrected chi connectivity index (χ0v) is 17.8. The van der Waals surface area contributed by atoms with Gasteiger partial charge >= 0.3 is 6.03 Å². The zero-order chi connectivity index (χ0) is 22.5. The van der Waals surface area contributed by atoms with Crippen molar-refractivity contribution in [2.45, 2.75) is 0 Å². The van der Waals surface area contributed by atoms with Crippen LogP contribution in [0.4, 0.5) is 27.9 Å². The second kappa shape index (κ2) is 9.17. The number of fused-ring (bicyclic) bond motifs is 1. The van der Waals surface area contributed by atoms with E-state index in [0.29, 0.717) is 45.9 Å². The van der Waals surface area contributed by atoms with Crippen molar-refractivity contribution in [1.29, 1.82) is 0 Å². The minimum atomic E-state index is -0.432. The van der Waals surface area contributed by atoms with Crippen LogP contribution in [0.3, 0.4) is 0 Å². The Morgan fingerprint density at radius 3 is 2.19 bits per heavy atom. The molecule has 0 aliphatic rings. The Balaban J connectivity index is 1.46. The first-order valence-electron chi connectivity index (χ1n) is 9.70. The van der Waals surface area contributed by atoms with Gasteiger partial charge in [0.05, 0.1) is 27.0 Å². The van der Waals surface area contributed by atoms with Crippen LogP contribution in [0.2, 0.25) is 0 Å². The van der Waals surface area contributed by atoms with E-state index >= 15 is 0 Å². The number of amides is 2. The monoisotopic (exact) mass is 434 g/mol. The molecule has 0 atom stereocenters. The lowest BCUT2D eigenvalue weighted by atomic mass is 10.2. The fraction of sp³-hybridized carbons (Fsp3) is 0.130. The molecular weight excluding hydrogens is 412 g/mol. The Morgan fingerprint density at radius 1 is 0.812 bits per heavy atom. The predicted octanol–water partition coefficient (Wildman–Crippen LogP) is 5.24. The summed E-state index contributed by atoms with van der Waals surface area (Å²) in [5, 5.41) is 8.66. The first-order valence-corrected chi connectivity index (χ1v) is 9.70. The number of oxazole rings is 1. The first-order chi connectivity index (χ1) is 15.6. The van der Waals surface area contributed by atoms with Crippen molar-refractivity contribution in [3.8, 4) is 17.2 Å². The molecule has 0 bridgehead atoms. The van der Waals surface area contributed by atoms with E-state index in [4.69, 9.17) is 18.6 Å². The lowest BCUT2D eigenvalue weighted by Crippen LogP contribution is -2.19. The number of carbonyl (C=O) groups is 1. The highest BCUT2D eigenvalue weighted by molar-refractivity contribution is 6.00. The van der Waals surface area contributed by atoms with Crippen molar-refractivity contribution >= 4 is 40.2 Å². The average Bonchev–Trinajstić information content (AvgIpc) is 3.20.